The Balaban J connectivity index is 2.41. The van der Waals surface area contributed by atoms with Crippen LogP contribution in [0.5, 0.6) is 0 Å². The summed E-state index contributed by atoms with van der Waals surface area (Å²) >= 11 is 3.44. The fourth-order valence-electron chi connectivity index (χ4n) is 1.74. The van der Waals surface area contributed by atoms with Crippen molar-refractivity contribution < 1.29 is 8.42 Å². The second-order valence-electron chi connectivity index (χ2n) is 4.44. The Kier molecular flexibility index (Phi) is 4.03. The molecule has 0 bridgehead atoms. The maximum atomic E-state index is 11.4. The summed E-state index contributed by atoms with van der Waals surface area (Å²) in [6, 6.07) is 10.2. The van der Waals surface area contributed by atoms with E-state index < -0.39 is 10.0 Å². The molecule has 2 aromatic carbocycles. The van der Waals surface area contributed by atoms with Crippen molar-refractivity contribution in [2.75, 3.05) is 11.1 Å². The van der Waals surface area contributed by atoms with Crippen molar-refractivity contribution in [1.82, 2.24) is 0 Å². The predicted molar refractivity (Wildman–Crippen MR) is 84.4 cm³/mol. The van der Waals surface area contributed by atoms with Gasteiger partial charge in [0.1, 0.15) is 0 Å². The first-order chi connectivity index (χ1) is 9.25. The molecular weight excluding hydrogens is 342 g/mol. The van der Waals surface area contributed by atoms with Gasteiger partial charge in [0, 0.05) is 15.8 Å². The first-order valence-electron chi connectivity index (χ1n) is 5.72. The zero-order chi connectivity index (χ0) is 14.9. The van der Waals surface area contributed by atoms with E-state index in [1.54, 1.807) is 6.07 Å². The average molecular weight is 356 g/mol. The summed E-state index contributed by atoms with van der Waals surface area (Å²) in [6.07, 6.45) is 0. The van der Waals surface area contributed by atoms with Crippen LogP contribution in [0.4, 0.5) is 17.1 Å². The molecule has 0 unspecified atom stereocenters. The van der Waals surface area contributed by atoms with Crippen molar-refractivity contribution in [2.24, 2.45) is 5.14 Å². The lowest BCUT2D eigenvalue weighted by Gasteiger charge is -2.11. The Morgan fingerprint density at radius 3 is 2.45 bits per heavy atom. The van der Waals surface area contributed by atoms with Crippen LogP contribution in [0, 0.1) is 6.92 Å². The largest absolute Gasteiger partial charge is 0.399 e. The highest BCUT2D eigenvalue weighted by Crippen LogP contribution is 2.28. The number of nitrogen functional groups attached to an aromatic ring is 1. The zero-order valence-corrected chi connectivity index (χ0v) is 13.1. The lowest BCUT2D eigenvalue weighted by atomic mass is 10.2. The van der Waals surface area contributed by atoms with Crippen LogP contribution in [0.15, 0.2) is 45.8 Å². The SMILES string of the molecule is Cc1ccc(Nc2cc(N)cc(S(N)(=O)=O)c2)c(Br)c1. The van der Waals surface area contributed by atoms with Gasteiger partial charge >= 0.3 is 0 Å². The maximum Gasteiger partial charge on any atom is 0.238 e. The van der Waals surface area contributed by atoms with Crippen molar-refractivity contribution >= 4 is 43.0 Å². The second kappa shape index (κ2) is 5.43. The lowest BCUT2D eigenvalue weighted by molar-refractivity contribution is 0.598. The third-order valence-electron chi connectivity index (χ3n) is 2.66. The van der Waals surface area contributed by atoms with Crippen LogP contribution in [0.3, 0.4) is 0 Å². The summed E-state index contributed by atoms with van der Waals surface area (Å²) in [5.41, 5.74) is 8.49. The summed E-state index contributed by atoms with van der Waals surface area (Å²) in [7, 11) is -3.79. The molecule has 2 rings (SSSR count). The second-order valence-corrected chi connectivity index (χ2v) is 6.86. The lowest BCUT2D eigenvalue weighted by Crippen LogP contribution is -2.12. The van der Waals surface area contributed by atoms with Crippen LogP contribution < -0.4 is 16.2 Å². The molecule has 0 aliphatic rings. The molecule has 7 heteroatoms. The summed E-state index contributed by atoms with van der Waals surface area (Å²) in [6.45, 7) is 1.98. The van der Waals surface area contributed by atoms with Crippen LogP contribution in [0.1, 0.15) is 5.56 Å². The standard InChI is InChI=1S/C13H14BrN3O2S/c1-8-2-3-13(12(14)4-8)17-10-5-9(15)6-11(7-10)20(16,18)19/h2-7,17H,15H2,1H3,(H2,16,18,19). The van der Waals surface area contributed by atoms with E-state index in [1.807, 2.05) is 25.1 Å². The van der Waals surface area contributed by atoms with E-state index in [0.29, 0.717) is 11.4 Å². The molecule has 0 atom stereocenters. The minimum Gasteiger partial charge on any atom is -0.399 e. The fraction of sp³-hybridized carbons (Fsp3) is 0.0769. The Labute approximate surface area is 126 Å². The molecule has 0 heterocycles. The van der Waals surface area contributed by atoms with Crippen LogP contribution in [0.25, 0.3) is 0 Å². The van der Waals surface area contributed by atoms with Gasteiger partial charge in [-0.3, -0.25) is 0 Å². The summed E-state index contributed by atoms with van der Waals surface area (Å²) < 4.78 is 23.6. The van der Waals surface area contributed by atoms with Gasteiger partial charge in [0.15, 0.2) is 0 Å². The van der Waals surface area contributed by atoms with Crippen LogP contribution in [0.2, 0.25) is 0 Å². The molecule has 0 aliphatic heterocycles. The van der Waals surface area contributed by atoms with Crippen molar-refractivity contribution in [3.8, 4) is 0 Å². The number of nitrogens with one attached hydrogen (secondary N) is 1. The molecule has 0 aromatic heterocycles. The smallest absolute Gasteiger partial charge is 0.238 e. The Morgan fingerprint density at radius 2 is 1.85 bits per heavy atom. The first kappa shape index (κ1) is 14.8. The van der Waals surface area contributed by atoms with Gasteiger partial charge < -0.3 is 11.1 Å². The van der Waals surface area contributed by atoms with Crippen molar-refractivity contribution in [3.05, 3.63) is 46.4 Å². The normalized spacial score (nSPS) is 11.3. The fourth-order valence-corrected chi connectivity index (χ4v) is 2.92. The number of nitrogens with two attached hydrogens (primary N) is 2. The predicted octanol–water partition coefficient (Wildman–Crippen LogP) is 2.73. The molecule has 20 heavy (non-hydrogen) atoms. The van der Waals surface area contributed by atoms with E-state index in [0.717, 1.165) is 15.7 Å². The molecule has 0 saturated heterocycles. The Hall–Kier alpha value is -1.57. The third kappa shape index (κ3) is 3.50. The first-order valence-corrected chi connectivity index (χ1v) is 8.06. The number of halogens is 1. The highest BCUT2D eigenvalue weighted by Gasteiger charge is 2.10. The average Bonchev–Trinajstić information content (AvgIpc) is 2.31. The number of sulfonamides is 1. The van der Waals surface area contributed by atoms with E-state index in [2.05, 4.69) is 21.2 Å². The molecule has 2 aromatic rings. The number of anilines is 3. The summed E-state index contributed by atoms with van der Waals surface area (Å²) in [4.78, 5) is -0.0248. The molecule has 0 fully saturated rings. The van der Waals surface area contributed by atoms with E-state index in [1.165, 1.54) is 12.1 Å². The van der Waals surface area contributed by atoms with Gasteiger partial charge in [-0.2, -0.15) is 0 Å². The van der Waals surface area contributed by atoms with Gasteiger partial charge in [-0.15, -0.1) is 0 Å². The van der Waals surface area contributed by atoms with Gasteiger partial charge in [-0.25, -0.2) is 13.6 Å². The van der Waals surface area contributed by atoms with Crippen LogP contribution in [-0.2, 0) is 10.0 Å². The number of hydrogen-bond acceptors (Lipinski definition) is 4. The molecule has 0 saturated carbocycles. The highest BCUT2D eigenvalue weighted by molar-refractivity contribution is 9.10. The van der Waals surface area contributed by atoms with Gasteiger partial charge in [0.05, 0.1) is 10.6 Å². The summed E-state index contributed by atoms with van der Waals surface area (Å²) in [5, 5.41) is 8.22. The van der Waals surface area contributed by atoms with Gasteiger partial charge in [-0.05, 0) is 58.7 Å². The molecule has 0 amide bonds. The van der Waals surface area contributed by atoms with Gasteiger partial charge in [-0.1, -0.05) is 6.07 Å². The summed E-state index contributed by atoms with van der Waals surface area (Å²) in [5.74, 6) is 0. The van der Waals surface area contributed by atoms with E-state index >= 15 is 0 Å². The molecule has 0 spiro atoms. The van der Waals surface area contributed by atoms with Crippen LogP contribution in [-0.4, -0.2) is 8.42 Å². The van der Waals surface area contributed by atoms with Crippen LogP contribution >= 0.6 is 15.9 Å². The number of rotatable bonds is 3. The topological polar surface area (TPSA) is 98.2 Å². The number of aryl methyl sites for hydroxylation is 1. The molecule has 5 N–H and O–H groups in total. The Morgan fingerprint density at radius 1 is 1.15 bits per heavy atom. The molecule has 5 nitrogen and oxygen atoms in total. The van der Waals surface area contributed by atoms with Gasteiger partial charge in [0.2, 0.25) is 10.0 Å². The highest BCUT2D eigenvalue weighted by atomic mass is 79.9. The monoisotopic (exact) mass is 355 g/mol. The quantitative estimate of drug-likeness (QED) is 0.737. The van der Waals surface area contributed by atoms with Crippen molar-refractivity contribution in [3.63, 3.8) is 0 Å². The van der Waals surface area contributed by atoms with E-state index in [4.69, 9.17) is 10.9 Å². The Bertz CT molecular complexity index is 760. The minimum atomic E-state index is -3.79. The number of hydrogen-bond donors (Lipinski definition) is 3. The third-order valence-corrected chi connectivity index (χ3v) is 4.21. The van der Waals surface area contributed by atoms with Crippen molar-refractivity contribution in [2.45, 2.75) is 11.8 Å². The van der Waals surface area contributed by atoms with Gasteiger partial charge in [0.25, 0.3) is 0 Å². The number of benzene rings is 2. The minimum absolute atomic E-state index is 0.0248. The molecule has 106 valence electrons. The number of primary sulfonamides is 1. The van der Waals surface area contributed by atoms with Crippen molar-refractivity contribution in [1.29, 1.82) is 0 Å². The van der Waals surface area contributed by atoms with E-state index in [9.17, 15) is 8.42 Å². The molecule has 0 aliphatic carbocycles. The maximum absolute atomic E-state index is 11.4. The molecular formula is C13H14BrN3O2S. The van der Waals surface area contributed by atoms with E-state index in [-0.39, 0.29) is 4.90 Å². The molecule has 0 radical (unpaired) electrons. The zero-order valence-electron chi connectivity index (χ0n) is 10.7.